The third kappa shape index (κ3) is 5.65. The van der Waals surface area contributed by atoms with Gasteiger partial charge in [0.15, 0.2) is 0 Å². The molecule has 0 spiro atoms. The molecule has 2 fully saturated rings. The molecule has 134 valence electrons. The van der Waals surface area contributed by atoms with Crippen LogP contribution >= 0.6 is 0 Å². The quantitative estimate of drug-likeness (QED) is 0.525. The van der Waals surface area contributed by atoms with Crippen LogP contribution in [-0.2, 0) is 18.0 Å². The standard InChI is InChI=1S/C17H33NO4Si/c1-4-11-18(16-9-6-5-7-10-16)14-17-15-21-12-8-13-23(19-2,20-3)22-17/h4,16-17H,1,5-15H2,2-3H3. The number of ether oxygens (including phenoxy) is 1. The van der Waals surface area contributed by atoms with Gasteiger partial charge in [0.05, 0.1) is 12.7 Å². The van der Waals surface area contributed by atoms with Crippen LogP contribution in [0.1, 0.15) is 38.5 Å². The third-order valence-electron chi connectivity index (χ3n) is 4.94. The van der Waals surface area contributed by atoms with E-state index in [1.807, 2.05) is 6.08 Å². The van der Waals surface area contributed by atoms with Crippen molar-refractivity contribution < 1.29 is 18.0 Å². The third-order valence-corrected chi connectivity index (χ3v) is 7.84. The first-order chi connectivity index (χ1) is 11.2. The summed E-state index contributed by atoms with van der Waals surface area (Å²) in [5.74, 6) is 0. The van der Waals surface area contributed by atoms with Gasteiger partial charge in [-0.1, -0.05) is 25.3 Å². The Labute approximate surface area is 142 Å². The maximum atomic E-state index is 6.34. The molecule has 2 aliphatic rings. The molecule has 2 rings (SSSR count). The highest BCUT2D eigenvalue weighted by Crippen LogP contribution is 2.25. The van der Waals surface area contributed by atoms with Gasteiger partial charge in [-0.3, -0.25) is 4.90 Å². The van der Waals surface area contributed by atoms with Crippen molar-refractivity contribution in [2.45, 2.75) is 56.7 Å². The van der Waals surface area contributed by atoms with Gasteiger partial charge in [-0.15, -0.1) is 6.58 Å². The van der Waals surface area contributed by atoms with E-state index in [2.05, 4.69) is 11.5 Å². The van der Waals surface area contributed by atoms with Crippen molar-refractivity contribution in [1.82, 2.24) is 4.90 Å². The van der Waals surface area contributed by atoms with Gasteiger partial charge in [0.25, 0.3) is 0 Å². The van der Waals surface area contributed by atoms with Crippen LogP contribution in [0.3, 0.4) is 0 Å². The highest BCUT2D eigenvalue weighted by atomic mass is 28.4. The molecule has 0 radical (unpaired) electrons. The molecule has 1 unspecified atom stereocenters. The predicted molar refractivity (Wildman–Crippen MR) is 93.5 cm³/mol. The Morgan fingerprint density at radius 1 is 1.17 bits per heavy atom. The highest BCUT2D eigenvalue weighted by molar-refractivity contribution is 6.60. The Balaban J connectivity index is 2.01. The Morgan fingerprint density at radius 3 is 2.57 bits per heavy atom. The van der Waals surface area contributed by atoms with Crippen molar-refractivity contribution in [1.29, 1.82) is 0 Å². The minimum Gasteiger partial charge on any atom is -0.379 e. The summed E-state index contributed by atoms with van der Waals surface area (Å²) in [5, 5.41) is 0. The van der Waals surface area contributed by atoms with E-state index in [1.54, 1.807) is 14.2 Å². The SMILES string of the molecule is C=CCN(CC1COCCC[Si](OC)(OC)O1)C1CCCCC1. The second-order valence-electron chi connectivity index (χ2n) is 6.54. The fraction of sp³-hybridized carbons (Fsp3) is 0.882. The molecule has 1 heterocycles. The van der Waals surface area contributed by atoms with Crippen LogP contribution in [0.2, 0.25) is 6.04 Å². The smallest absolute Gasteiger partial charge is 0.379 e. The summed E-state index contributed by atoms with van der Waals surface area (Å²) in [6.45, 7) is 7.06. The maximum absolute atomic E-state index is 6.34. The molecule has 5 nitrogen and oxygen atoms in total. The topological polar surface area (TPSA) is 40.2 Å². The summed E-state index contributed by atoms with van der Waals surface area (Å²) in [6.07, 6.45) is 9.51. The molecule has 1 saturated heterocycles. The molecule has 0 aromatic rings. The van der Waals surface area contributed by atoms with Crippen molar-refractivity contribution >= 4 is 8.80 Å². The first-order valence-corrected chi connectivity index (χ1v) is 10.9. The zero-order valence-corrected chi connectivity index (χ0v) is 15.8. The van der Waals surface area contributed by atoms with Gasteiger partial charge in [0.2, 0.25) is 0 Å². The van der Waals surface area contributed by atoms with Gasteiger partial charge in [-0.25, -0.2) is 0 Å². The van der Waals surface area contributed by atoms with Crippen molar-refractivity contribution in [3.05, 3.63) is 12.7 Å². The van der Waals surface area contributed by atoms with Crippen molar-refractivity contribution in [2.24, 2.45) is 0 Å². The summed E-state index contributed by atoms with van der Waals surface area (Å²) in [6, 6.07) is 1.46. The normalized spacial score (nSPS) is 26.7. The summed E-state index contributed by atoms with van der Waals surface area (Å²) < 4.78 is 23.5. The minimum absolute atomic E-state index is 0.00347. The Kier molecular flexibility index (Phi) is 8.22. The first kappa shape index (κ1) is 19.1. The highest BCUT2D eigenvalue weighted by Gasteiger charge is 2.42. The lowest BCUT2D eigenvalue weighted by atomic mass is 9.94. The number of rotatable bonds is 7. The average Bonchev–Trinajstić information content (AvgIpc) is 2.58. The zero-order valence-electron chi connectivity index (χ0n) is 14.8. The number of nitrogens with zero attached hydrogens (tertiary/aromatic N) is 1. The Hall–Kier alpha value is -0.243. The van der Waals surface area contributed by atoms with E-state index in [1.165, 1.54) is 32.1 Å². The predicted octanol–water partition coefficient (Wildman–Crippen LogP) is 2.84. The molecule has 0 N–H and O–H groups in total. The van der Waals surface area contributed by atoms with E-state index in [9.17, 15) is 0 Å². The second-order valence-corrected chi connectivity index (χ2v) is 9.46. The lowest BCUT2D eigenvalue weighted by Gasteiger charge is -2.39. The van der Waals surface area contributed by atoms with Crippen molar-refractivity contribution in [2.75, 3.05) is 40.5 Å². The lowest BCUT2D eigenvalue weighted by molar-refractivity contribution is -0.0326. The van der Waals surface area contributed by atoms with Gasteiger partial charge in [0, 0.05) is 46.0 Å². The number of hydrogen-bond acceptors (Lipinski definition) is 5. The largest absolute Gasteiger partial charge is 0.500 e. The molecule has 0 aromatic carbocycles. The zero-order chi connectivity index (χ0) is 16.5. The average molecular weight is 344 g/mol. The summed E-state index contributed by atoms with van der Waals surface area (Å²) in [5.41, 5.74) is 0. The van der Waals surface area contributed by atoms with Crippen LogP contribution in [0.4, 0.5) is 0 Å². The van der Waals surface area contributed by atoms with Crippen LogP contribution in [-0.4, -0.2) is 66.4 Å². The van der Waals surface area contributed by atoms with E-state index < -0.39 is 8.80 Å². The molecule has 1 aliphatic heterocycles. The molecule has 0 bridgehead atoms. The Morgan fingerprint density at radius 2 is 1.91 bits per heavy atom. The monoisotopic (exact) mass is 343 g/mol. The molecular weight excluding hydrogens is 310 g/mol. The van der Waals surface area contributed by atoms with Crippen molar-refractivity contribution in [3.8, 4) is 0 Å². The minimum atomic E-state index is -2.55. The number of hydrogen-bond donors (Lipinski definition) is 0. The van der Waals surface area contributed by atoms with Gasteiger partial charge in [-0.05, 0) is 19.3 Å². The molecule has 0 aromatic heterocycles. The molecule has 6 heteroatoms. The van der Waals surface area contributed by atoms with Crippen LogP contribution in [0, 0.1) is 0 Å². The fourth-order valence-electron chi connectivity index (χ4n) is 3.67. The molecule has 23 heavy (non-hydrogen) atoms. The van der Waals surface area contributed by atoms with E-state index in [4.69, 9.17) is 18.0 Å². The first-order valence-electron chi connectivity index (χ1n) is 8.94. The summed E-state index contributed by atoms with van der Waals surface area (Å²) in [7, 11) is 0.864. The van der Waals surface area contributed by atoms with Crippen LogP contribution in [0.5, 0.6) is 0 Å². The van der Waals surface area contributed by atoms with Crippen LogP contribution in [0.15, 0.2) is 12.7 Å². The van der Waals surface area contributed by atoms with Crippen molar-refractivity contribution in [3.63, 3.8) is 0 Å². The van der Waals surface area contributed by atoms with E-state index >= 15 is 0 Å². The van der Waals surface area contributed by atoms with Gasteiger partial charge < -0.3 is 18.0 Å². The summed E-state index contributed by atoms with van der Waals surface area (Å²) >= 11 is 0. The van der Waals surface area contributed by atoms with Crippen LogP contribution in [0.25, 0.3) is 0 Å². The second kappa shape index (κ2) is 9.91. The molecule has 0 amide bonds. The molecular formula is C17H33NO4Si. The van der Waals surface area contributed by atoms with Gasteiger partial charge in [-0.2, -0.15) is 0 Å². The molecule has 1 atom stereocenters. The molecule has 1 saturated carbocycles. The fourth-order valence-corrected chi connectivity index (χ4v) is 5.79. The van der Waals surface area contributed by atoms with E-state index in [0.717, 1.165) is 32.2 Å². The maximum Gasteiger partial charge on any atom is 0.500 e. The van der Waals surface area contributed by atoms with E-state index in [0.29, 0.717) is 12.6 Å². The van der Waals surface area contributed by atoms with Gasteiger partial charge in [0.1, 0.15) is 0 Å². The van der Waals surface area contributed by atoms with Crippen LogP contribution < -0.4 is 0 Å². The lowest BCUT2D eigenvalue weighted by Crippen LogP contribution is -2.53. The summed E-state index contributed by atoms with van der Waals surface area (Å²) in [4.78, 5) is 2.51. The van der Waals surface area contributed by atoms with E-state index in [-0.39, 0.29) is 6.10 Å². The Bertz CT molecular complexity index is 345. The molecule has 1 aliphatic carbocycles. The van der Waals surface area contributed by atoms with Gasteiger partial charge >= 0.3 is 8.80 Å².